The molecule has 4 nitrogen and oxygen atoms in total. The molecule has 28 heavy (non-hydrogen) atoms. The Bertz CT molecular complexity index is 808. The zero-order valence-corrected chi connectivity index (χ0v) is 16.1. The van der Waals surface area contributed by atoms with Crippen molar-refractivity contribution in [2.75, 3.05) is 27.1 Å². The minimum Gasteiger partial charge on any atom is -0.381 e. The molecule has 0 N–H and O–H groups in total. The Kier molecular flexibility index (Phi) is 6.15. The van der Waals surface area contributed by atoms with Crippen molar-refractivity contribution in [1.29, 1.82) is 0 Å². The lowest BCUT2D eigenvalue weighted by atomic mass is 9.86. The molecule has 0 unspecified atom stereocenters. The van der Waals surface area contributed by atoms with Crippen LogP contribution >= 0.6 is 0 Å². The van der Waals surface area contributed by atoms with Gasteiger partial charge in [0.2, 0.25) is 0 Å². The largest absolute Gasteiger partial charge is 0.381 e. The molecule has 0 radical (unpaired) electrons. The van der Waals surface area contributed by atoms with E-state index in [1.54, 1.807) is 19.4 Å². The van der Waals surface area contributed by atoms with E-state index in [9.17, 15) is 4.39 Å². The molecule has 0 amide bonds. The molecule has 1 aliphatic heterocycles. The molecule has 1 aromatic heterocycles. The van der Waals surface area contributed by atoms with E-state index in [2.05, 4.69) is 17.1 Å². The minimum atomic E-state index is -0.242. The molecular weight excluding hydrogens is 357 g/mol. The number of rotatable bonds is 6. The Morgan fingerprint density at radius 3 is 2.96 bits per heavy atom. The molecule has 1 aromatic carbocycles. The zero-order chi connectivity index (χ0) is 19.3. The highest BCUT2D eigenvalue weighted by atomic mass is 19.1. The first kappa shape index (κ1) is 19.2. The number of nitrogens with zero attached hydrogens (tertiary/aromatic N) is 1. The van der Waals surface area contributed by atoms with Crippen LogP contribution in [0.25, 0.3) is 17.2 Å². The van der Waals surface area contributed by atoms with Crippen LogP contribution in [0.5, 0.6) is 0 Å². The lowest BCUT2D eigenvalue weighted by molar-refractivity contribution is -0.0814. The summed E-state index contributed by atoms with van der Waals surface area (Å²) in [6.45, 7) is 1.95. The highest BCUT2D eigenvalue weighted by Crippen LogP contribution is 2.44. The molecule has 5 heteroatoms. The van der Waals surface area contributed by atoms with Gasteiger partial charge in [-0.2, -0.15) is 0 Å². The van der Waals surface area contributed by atoms with Gasteiger partial charge in [0.05, 0.1) is 18.4 Å². The Labute approximate surface area is 165 Å². The van der Waals surface area contributed by atoms with Crippen LogP contribution in [0.1, 0.15) is 18.5 Å². The van der Waals surface area contributed by atoms with E-state index >= 15 is 0 Å². The molecule has 2 aromatic rings. The van der Waals surface area contributed by atoms with Gasteiger partial charge in [0.1, 0.15) is 12.6 Å². The zero-order valence-electron chi connectivity index (χ0n) is 16.1. The summed E-state index contributed by atoms with van der Waals surface area (Å²) in [4.78, 5) is 4.53. The van der Waals surface area contributed by atoms with Crippen LogP contribution in [0.4, 0.5) is 4.39 Å². The van der Waals surface area contributed by atoms with E-state index in [-0.39, 0.29) is 11.9 Å². The second-order valence-corrected chi connectivity index (χ2v) is 7.55. The molecule has 2 aliphatic rings. The third-order valence-electron chi connectivity index (χ3n) is 5.84. The van der Waals surface area contributed by atoms with Gasteiger partial charge in [-0.25, -0.2) is 4.39 Å². The van der Waals surface area contributed by atoms with Gasteiger partial charge < -0.3 is 14.2 Å². The monoisotopic (exact) mass is 383 g/mol. The van der Waals surface area contributed by atoms with Crippen molar-refractivity contribution in [1.82, 2.24) is 4.98 Å². The topological polar surface area (TPSA) is 40.6 Å². The molecular formula is C23H26FNO3. The highest BCUT2D eigenvalue weighted by Gasteiger charge is 2.43. The summed E-state index contributed by atoms with van der Waals surface area (Å²) in [5, 5.41) is 0. The quantitative estimate of drug-likeness (QED) is 0.686. The maximum atomic E-state index is 13.4. The first-order valence-electron chi connectivity index (χ1n) is 9.83. The number of hydrogen-bond donors (Lipinski definition) is 0. The summed E-state index contributed by atoms with van der Waals surface area (Å²) in [6, 6.07) is 10.5. The molecule has 2 heterocycles. The van der Waals surface area contributed by atoms with E-state index in [1.165, 1.54) is 12.1 Å². The van der Waals surface area contributed by atoms with Crippen molar-refractivity contribution < 1.29 is 18.6 Å². The Morgan fingerprint density at radius 2 is 2.18 bits per heavy atom. The lowest BCUT2D eigenvalue weighted by Crippen LogP contribution is -2.28. The molecule has 2 fully saturated rings. The summed E-state index contributed by atoms with van der Waals surface area (Å²) in [6.07, 6.45) is 8.36. The number of methoxy groups -OCH3 is 1. The second-order valence-electron chi connectivity index (χ2n) is 7.55. The van der Waals surface area contributed by atoms with Gasteiger partial charge in [0.15, 0.2) is 0 Å². The summed E-state index contributed by atoms with van der Waals surface area (Å²) in [5.74, 6) is 1.19. The van der Waals surface area contributed by atoms with Crippen LogP contribution in [0.2, 0.25) is 0 Å². The molecule has 1 saturated heterocycles. The number of pyridine rings is 1. The van der Waals surface area contributed by atoms with E-state index in [0.29, 0.717) is 24.5 Å². The fourth-order valence-electron chi connectivity index (χ4n) is 4.41. The van der Waals surface area contributed by atoms with Crippen molar-refractivity contribution in [3.63, 3.8) is 0 Å². The fourth-order valence-corrected chi connectivity index (χ4v) is 4.41. The highest BCUT2D eigenvalue weighted by molar-refractivity contribution is 5.63. The number of hydrogen-bond acceptors (Lipinski definition) is 4. The van der Waals surface area contributed by atoms with Crippen LogP contribution < -0.4 is 0 Å². The van der Waals surface area contributed by atoms with Crippen LogP contribution in [0, 0.1) is 23.6 Å². The van der Waals surface area contributed by atoms with Crippen molar-refractivity contribution >= 4 is 6.08 Å². The average molecular weight is 383 g/mol. The van der Waals surface area contributed by atoms with Crippen LogP contribution in [0.3, 0.4) is 0 Å². The molecule has 1 saturated carbocycles. The third kappa shape index (κ3) is 4.32. The first-order chi connectivity index (χ1) is 13.7. The number of ether oxygens (including phenoxy) is 3. The summed E-state index contributed by atoms with van der Waals surface area (Å²) >= 11 is 0. The summed E-state index contributed by atoms with van der Waals surface area (Å²) in [7, 11) is 1.65. The van der Waals surface area contributed by atoms with Crippen molar-refractivity contribution in [3.05, 3.63) is 60.2 Å². The van der Waals surface area contributed by atoms with Crippen LogP contribution in [-0.4, -0.2) is 38.2 Å². The Balaban J connectivity index is 1.48. The predicted molar refractivity (Wildman–Crippen MR) is 106 cm³/mol. The Morgan fingerprint density at radius 1 is 1.25 bits per heavy atom. The van der Waals surface area contributed by atoms with Gasteiger partial charge in [-0.15, -0.1) is 0 Å². The van der Waals surface area contributed by atoms with Crippen LogP contribution in [-0.2, 0) is 14.2 Å². The molecule has 0 bridgehead atoms. The number of aromatic nitrogens is 1. The fraction of sp³-hybridized carbons (Fsp3) is 0.435. The summed E-state index contributed by atoms with van der Waals surface area (Å²) < 4.78 is 30.2. The normalized spacial score (nSPS) is 27.2. The van der Waals surface area contributed by atoms with Gasteiger partial charge in [0, 0.05) is 31.4 Å². The number of halogens is 1. The predicted octanol–water partition coefficient (Wildman–Crippen LogP) is 4.56. The molecule has 4 atom stereocenters. The van der Waals surface area contributed by atoms with E-state index in [4.69, 9.17) is 14.2 Å². The van der Waals surface area contributed by atoms with Crippen molar-refractivity contribution in [3.8, 4) is 11.1 Å². The lowest BCUT2D eigenvalue weighted by Gasteiger charge is -2.28. The maximum absolute atomic E-state index is 13.4. The van der Waals surface area contributed by atoms with Gasteiger partial charge in [0.25, 0.3) is 0 Å². The van der Waals surface area contributed by atoms with E-state index < -0.39 is 0 Å². The van der Waals surface area contributed by atoms with Crippen molar-refractivity contribution in [2.45, 2.75) is 18.9 Å². The Hall–Kier alpha value is -2.08. The SMILES string of the molecule is COCO[C@H]1C[C@@H]2CCOC[C@@H]2[C@@H]1/C=C/c1ccc(-c2cccc(F)c2)cn1. The molecule has 1 aliphatic carbocycles. The molecule has 0 spiro atoms. The number of benzene rings is 1. The second kappa shape index (κ2) is 8.95. The van der Waals surface area contributed by atoms with Gasteiger partial charge in [-0.05, 0) is 54.5 Å². The molecule has 148 valence electrons. The first-order valence-corrected chi connectivity index (χ1v) is 9.83. The minimum absolute atomic E-state index is 0.152. The smallest absolute Gasteiger partial charge is 0.146 e. The maximum Gasteiger partial charge on any atom is 0.146 e. The van der Waals surface area contributed by atoms with Gasteiger partial charge in [-0.1, -0.05) is 24.3 Å². The van der Waals surface area contributed by atoms with Crippen LogP contribution in [0.15, 0.2) is 48.7 Å². The van der Waals surface area contributed by atoms with E-state index in [0.717, 1.165) is 42.9 Å². The standard InChI is InChI=1S/C23H26FNO3/c1-26-15-28-23-12-17-9-10-27-14-22(17)21(23)8-7-20-6-5-18(13-25-20)16-3-2-4-19(24)11-16/h2-8,11,13,17,21-23H,9-10,12,14-15H2,1H3/b8-7+/t17-,21-,22-,23-/m0/s1. The van der Waals surface area contributed by atoms with Gasteiger partial charge >= 0.3 is 0 Å². The van der Waals surface area contributed by atoms with Crippen molar-refractivity contribution in [2.24, 2.45) is 17.8 Å². The summed E-state index contributed by atoms with van der Waals surface area (Å²) in [5.41, 5.74) is 2.61. The van der Waals surface area contributed by atoms with Gasteiger partial charge in [-0.3, -0.25) is 4.98 Å². The van der Waals surface area contributed by atoms with E-state index in [1.807, 2.05) is 18.2 Å². The average Bonchev–Trinajstić information content (AvgIpc) is 3.08. The molecule has 4 rings (SSSR count). The number of fused-ring (bicyclic) bond motifs is 1. The third-order valence-corrected chi connectivity index (χ3v) is 5.84.